The van der Waals surface area contributed by atoms with Gasteiger partial charge in [-0.25, -0.2) is 4.79 Å². The molecular formula is C25H42O5. The molecule has 172 valence electrons. The van der Waals surface area contributed by atoms with Crippen LogP contribution >= 0.6 is 0 Å². The average Bonchev–Trinajstić information content (AvgIpc) is 3.03. The second-order valence-corrected chi connectivity index (χ2v) is 11.9. The molecule has 0 heterocycles. The summed E-state index contributed by atoms with van der Waals surface area (Å²) in [6.45, 7) is 8.90. The highest BCUT2D eigenvalue weighted by atomic mass is 16.4. The molecule has 0 saturated heterocycles. The van der Waals surface area contributed by atoms with Crippen molar-refractivity contribution in [3.05, 3.63) is 0 Å². The molecule has 4 fully saturated rings. The third-order valence-electron chi connectivity index (χ3n) is 10.7. The van der Waals surface area contributed by atoms with Crippen LogP contribution in [0.1, 0.15) is 85.5 Å². The minimum absolute atomic E-state index is 0.0156. The molecule has 0 aliphatic heterocycles. The predicted octanol–water partition coefficient (Wildman–Crippen LogP) is 3.84. The van der Waals surface area contributed by atoms with Crippen LogP contribution in [0.15, 0.2) is 0 Å². The van der Waals surface area contributed by atoms with Crippen LogP contribution in [0.25, 0.3) is 0 Å². The highest BCUT2D eigenvalue weighted by molar-refractivity contribution is 5.78. The molecule has 4 aliphatic carbocycles. The Morgan fingerprint density at radius 2 is 1.80 bits per heavy atom. The lowest BCUT2D eigenvalue weighted by atomic mass is 9.40. The summed E-state index contributed by atoms with van der Waals surface area (Å²) in [6.07, 6.45) is 6.21. The van der Waals surface area contributed by atoms with Crippen LogP contribution in [0, 0.1) is 46.3 Å². The molecule has 11 atom stereocenters. The normalized spacial score (nSPS) is 54.0. The molecule has 0 aromatic heterocycles. The molecule has 0 bridgehead atoms. The van der Waals surface area contributed by atoms with E-state index in [9.17, 15) is 25.2 Å². The number of aliphatic carboxylic acids is 1. The molecular weight excluding hydrogens is 380 g/mol. The van der Waals surface area contributed by atoms with Gasteiger partial charge in [0.1, 0.15) is 0 Å². The highest BCUT2D eigenvalue weighted by Crippen LogP contribution is 2.70. The summed E-state index contributed by atoms with van der Waals surface area (Å²) in [5.41, 5.74) is -2.22. The molecule has 4 aliphatic rings. The van der Waals surface area contributed by atoms with Gasteiger partial charge in [0.2, 0.25) is 0 Å². The maximum absolute atomic E-state index is 12.5. The Balaban J connectivity index is 1.77. The first-order valence-corrected chi connectivity index (χ1v) is 12.3. The minimum Gasteiger partial charge on any atom is -0.479 e. The van der Waals surface area contributed by atoms with E-state index in [4.69, 9.17) is 0 Å². The third kappa shape index (κ3) is 2.94. The number of carboxylic acid groups (broad SMARTS) is 1. The third-order valence-corrected chi connectivity index (χ3v) is 10.7. The number of aliphatic hydroxyl groups is 3. The molecule has 4 saturated carbocycles. The van der Waals surface area contributed by atoms with E-state index in [1.807, 2.05) is 0 Å². The van der Waals surface area contributed by atoms with Gasteiger partial charge in [0.25, 0.3) is 0 Å². The predicted molar refractivity (Wildman–Crippen MR) is 115 cm³/mol. The molecule has 0 aromatic rings. The Hall–Kier alpha value is -0.650. The van der Waals surface area contributed by atoms with Crippen LogP contribution in [0.3, 0.4) is 0 Å². The van der Waals surface area contributed by atoms with Crippen LogP contribution in [-0.4, -0.2) is 44.2 Å². The number of hydrogen-bond donors (Lipinski definition) is 4. The van der Waals surface area contributed by atoms with Crippen molar-refractivity contribution < 1.29 is 25.2 Å². The van der Waals surface area contributed by atoms with Crippen LogP contribution in [0.2, 0.25) is 0 Å². The fourth-order valence-electron chi connectivity index (χ4n) is 9.08. The van der Waals surface area contributed by atoms with Gasteiger partial charge in [0.15, 0.2) is 5.60 Å². The van der Waals surface area contributed by atoms with Crippen LogP contribution in [0.5, 0.6) is 0 Å². The smallest absolute Gasteiger partial charge is 0.336 e. The highest BCUT2D eigenvalue weighted by Gasteiger charge is 2.70. The summed E-state index contributed by atoms with van der Waals surface area (Å²) in [6, 6.07) is 0. The van der Waals surface area contributed by atoms with Gasteiger partial charge in [-0.3, -0.25) is 0 Å². The van der Waals surface area contributed by atoms with E-state index >= 15 is 0 Å². The van der Waals surface area contributed by atoms with Gasteiger partial charge in [-0.15, -0.1) is 0 Å². The van der Waals surface area contributed by atoms with Crippen molar-refractivity contribution >= 4 is 5.97 Å². The van der Waals surface area contributed by atoms with E-state index in [1.54, 1.807) is 0 Å². The summed E-state index contributed by atoms with van der Waals surface area (Å²) >= 11 is 0. The number of aliphatic hydroxyl groups excluding tert-OH is 2. The molecule has 5 nitrogen and oxygen atoms in total. The van der Waals surface area contributed by atoms with E-state index in [0.717, 1.165) is 38.5 Å². The molecule has 4 rings (SSSR count). The van der Waals surface area contributed by atoms with Crippen molar-refractivity contribution in [2.75, 3.05) is 0 Å². The van der Waals surface area contributed by atoms with Crippen LogP contribution < -0.4 is 0 Å². The lowest BCUT2D eigenvalue weighted by molar-refractivity contribution is -0.245. The van der Waals surface area contributed by atoms with Crippen LogP contribution in [0.4, 0.5) is 0 Å². The van der Waals surface area contributed by atoms with Crippen molar-refractivity contribution in [1.29, 1.82) is 0 Å². The molecule has 0 amide bonds. The van der Waals surface area contributed by atoms with Gasteiger partial charge >= 0.3 is 5.97 Å². The Bertz CT molecular complexity index is 680. The van der Waals surface area contributed by atoms with Gasteiger partial charge < -0.3 is 20.4 Å². The minimum atomic E-state index is -1.76. The lowest BCUT2D eigenvalue weighted by Gasteiger charge is -2.65. The first-order valence-electron chi connectivity index (χ1n) is 12.3. The van der Waals surface area contributed by atoms with E-state index in [1.165, 1.54) is 0 Å². The molecule has 0 aromatic carbocycles. The standard InChI is InChI=1S/C25H42O5/c1-5-6-14(2)17-7-8-18-21-19(12-20(27)24(17,18)4)23(3)10-9-16(26)11-15(23)13-25(21,30)22(28)29/h14-21,26-27,30H,5-13H2,1-4H3,(H,28,29)/t14-,15+,16-,17-,18+,19+,20+,21+,23+,24-,25-/m1/s1. The summed E-state index contributed by atoms with van der Waals surface area (Å²) in [7, 11) is 0. The van der Waals surface area contributed by atoms with Crippen molar-refractivity contribution in [2.45, 2.75) is 103 Å². The number of carboxylic acids is 1. The van der Waals surface area contributed by atoms with Crippen molar-refractivity contribution in [2.24, 2.45) is 46.3 Å². The molecule has 0 radical (unpaired) electrons. The zero-order valence-electron chi connectivity index (χ0n) is 19.2. The van der Waals surface area contributed by atoms with Gasteiger partial charge in [-0.1, -0.05) is 40.5 Å². The molecule has 5 heteroatoms. The Labute approximate surface area is 181 Å². The fraction of sp³-hybridized carbons (Fsp3) is 0.960. The Kier molecular flexibility index (Phi) is 5.60. The van der Waals surface area contributed by atoms with Crippen molar-refractivity contribution in [3.8, 4) is 0 Å². The number of carbonyl (C=O) groups is 1. The monoisotopic (exact) mass is 422 g/mol. The Morgan fingerprint density at radius 1 is 1.10 bits per heavy atom. The molecule has 4 N–H and O–H groups in total. The van der Waals surface area contributed by atoms with Gasteiger partial charge in [0, 0.05) is 5.92 Å². The van der Waals surface area contributed by atoms with Gasteiger partial charge in [-0.05, 0) is 85.4 Å². The number of rotatable bonds is 4. The zero-order chi connectivity index (χ0) is 22.1. The van der Waals surface area contributed by atoms with E-state index in [2.05, 4.69) is 27.7 Å². The number of hydrogen-bond acceptors (Lipinski definition) is 4. The summed E-state index contributed by atoms with van der Waals surface area (Å²) in [5.74, 6) is -0.570. The zero-order valence-corrected chi connectivity index (χ0v) is 19.2. The SMILES string of the molecule is CCC[C@@H](C)[C@H]1CC[C@H]2[C@H]3[C@H](C[C@H](O)[C@]12C)[C@@]1(C)CC[C@@H](O)C[C@H]1C[C@]3(O)C(=O)O. The quantitative estimate of drug-likeness (QED) is 0.552. The average molecular weight is 423 g/mol. The maximum atomic E-state index is 12.5. The van der Waals surface area contributed by atoms with Crippen molar-refractivity contribution in [1.82, 2.24) is 0 Å². The molecule has 30 heavy (non-hydrogen) atoms. The maximum Gasteiger partial charge on any atom is 0.336 e. The summed E-state index contributed by atoms with van der Waals surface area (Å²) in [4.78, 5) is 12.5. The Morgan fingerprint density at radius 3 is 2.43 bits per heavy atom. The largest absolute Gasteiger partial charge is 0.479 e. The summed E-state index contributed by atoms with van der Waals surface area (Å²) < 4.78 is 0. The van der Waals surface area contributed by atoms with Gasteiger partial charge in [0.05, 0.1) is 12.2 Å². The lowest BCUT2D eigenvalue weighted by Crippen LogP contribution is -2.68. The summed E-state index contributed by atoms with van der Waals surface area (Å²) in [5, 5.41) is 43.8. The first-order chi connectivity index (χ1) is 14.0. The van der Waals surface area contributed by atoms with Crippen molar-refractivity contribution in [3.63, 3.8) is 0 Å². The topological polar surface area (TPSA) is 98.0 Å². The number of fused-ring (bicyclic) bond motifs is 5. The molecule has 0 spiro atoms. The van der Waals surface area contributed by atoms with E-state index < -0.39 is 23.8 Å². The first kappa shape index (κ1) is 22.5. The second-order valence-electron chi connectivity index (χ2n) is 11.9. The van der Waals surface area contributed by atoms with Crippen LogP contribution in [-0.2, 0) is 4.79 Å². The van der Waals surface area contributed by atoms with E-state index in [-0.39, 0.29) is 40.9 Å². The second kappa shape index (κ2) is 7.45. The molecule has 0 unspecified atom stereocenters. The fourth-order valence-corrected chi connectivity index (χ4v) is 9.08. The van der Waals surface area contributed by atoms with Gasteiger partial charge in [-0.2, -0.15) is 0 Å². The van der Waals surface area contributed by atoms with E-state index in [0.29, 0.717) is 24.7 Å².